The van der Waals surface area contributed by atoms with Crippen molar-refractivity contribution in [2.24, 2.45) is 0 Å². The van der Waals surface area contributed by atoms with Crippen LogP contribution in [0.5, 0.6) is 5.75 Å². The fourth-order valence-electron chi connectivity index (χ4n) is 3.73. The van der Waals surface area contributed by atoms with Crippen LogP contribution in [0.4, 0.5) is 0 Å². The smallest absolute Gasteiger partial charge is 0.271 e. The van der Waals surface area contributed by atoms with Gasteiger partial charge in [0.2, 0.25) is 10.0 Å². The van der Waals surface area contributed by atoms with E-state index >= 15 is 0 Å². The van der Waals surface area contributed by atoms with Crippen molar-refractivity contribution in [3.63, 3.8) is 0 Å². The van der Waals surface area contributed by atoms with Crippen LogP contribution in [0, 0.1) is 13.8 Å². The number of methoxy groups -OCH3 is 1. The third-order valence-electron chi connectivity index (χ3n) is 5.59. The summed E-state index contributed by atoms with van der Waals surface area (Å²) in [7, 11) is -2.49. The fourth-order valence-corrected chi connectivity index (χ4v) is 5.23. The summed E-state index contributed by atoms with van der Waals surface area (Å²) in [6, 6.07) is 15.3. The van der Waals surface area contributed by atoms with E-state index in [0.717, 1.165) is 29.9 Å². The van der Waals surface area contributed by atoms with Crippen LogP contribution in [0.25, 0.3) is 5.69 Å². The molecule has 9 nitrogen and oxygen atoms in total. The second-order valence-corrected chi connectivity index (χ2v) is 9.81. The van der Waals surface area contributed by atoms with Gasteiger partial charge in [0, 0.05) is 28.7 Å². The van der Waals surface area contributed by atoms with Gasteiger partial charge in [-0.05, 0) is 63.1 Å². The molecule has 4 rings (SSSR count). The maximum Gasteiger partial charge on any atom is 0.271 e. The van der Waals surface area contributed by atoms with E-state index in [0.29, 0.717) is 5.56 Å². The van der Waals surface area contributed by atoms with Crippen molar-refractivity contribution in [1.29, 1.82) is 0 Å². The Labute approximate surface area is 198 Å². The Morgan fingerprint density at radius 1 is 0.971 bits per heavy atom. The first kappa shape index (κ1) is 23.5. The SMILES string of the molecule is COc1ccc(C(=O)NNC(=O)c2cc(C)n(-c3ccccc3)c2C)cc1S(=O)(=O)NC1CC1. The Morgan fingerprint density at radius 2 is 1.65 bits per heavy atom. The molecule has 0 atom stereocenters. The van der Waals surface area contributed by atoms with E-state index in [9.17, 15) is 18.0 Å². The molecule has 1 heterocycles. The summed E-state index contributed by atoms with van der Waals surface area (Å²) in [5, 5.41) is 0. The zero-order chi connectivity index (χ0) is 24.5. The number of nitrogens with zero attached hydrogens (tertiary/aromatic N) is 1. The quantitative estimate of drug-likeness (QED) is 0.448. The highest BCUT2D eigenvalue weighted by molar-refractivity contribution is 7.89. The lowest BCUT2D eigenvalue weighted by atomic mass is 10.2. The van der Waals surface area contributed by atoms with Gasteiger partial charge in [-0.1, -0.05) is 18.2 Å². The highest BCUT2D eigenvalue weighted by atomic mass is 32.2. The van der Waals surface area contributed by atoms with E-state index in [1.165, 1.54) is 25.3 Å². The molecule has 0 radical (unpaired) electrons. The second kappa shape index (κ2) is 9.32. The standard InChI is InChI=1S/C24H26N4O5S/c1-15-13-20(16(2)28(15)19-7-5-4-6-8-19)24(30)26-25-23(29)17-9-12-21(33-3)22(14-17)34(31,32)27-18-10-11-18/h4-9,12-14,18,27H,10-11H2,1-3H3,(H,25,29)(H,26,30). The number of rotatable bonds is 7. The van der Waals surface area contributed by atoms with Gasteiger partial charge in [-0.3, -0.25) is 20.4 Å². The molecule has 0 saturated heterocycles. The van der Waals surface area contributed by atoms with Gasteiger partial charge in [-0.2, -0.15) is 0 Å². The van der Waals surface area contributed by atoms with Crippen LogP contribution < -0.4 is 20.3 Å². The summed E-state index contributed by atoms with van der Waals surface area (Å²) < 4.78 is 35.1. The minimum atomic E-state index is -3.85. The minimum absolute atomic E-state index is 0.0621. The number of hydrogen-bond donors (Lipinski definition) is 3. The predicted octanol–water partition coefficient (Wildman–Crippen LogP) is 2.62. The van der Waals surface area contributed by atoms with Crippen LogP contribution in [-0.2, 0) is 10.0 Å². The number of nitrogens with one attached hydrogen (secondary N) is 3. The summed E-state index contributed by atoms with van der Waals surface area (Å²) in [6.45, 7) is 3.72. The number of hydrazine groups is 1. The first-order valence-electron chi connectivity index (χ1n) is 10.8. The number of amides is 2. The van der Waals surface area contributed by atoms with Crippen LogP contribution in [0.15, 0.2) is 59.5 Å². The summed E-state index contributed by atoms with van der Waals surface area (Å²) in [5.74, 6) is -1.02. The molecule has 178 valence electrons. The van der Waals surface area contributed by atoms with Crippen molar-refractivity contribution >= 4 is 21.8 Å². The minimum Gasteiger partial charge on any atom is -0.495 e. The molecule has 3 N–H and O–H groups in total. The summed E-state index contributed by atoms with van der Waals surface area (Å²) in [4.78, 5) is 25.3. The van der Waals surface area contributed by atoms with E-state index in [1.54, 1.807) is 6.07 Å². The third kappa shape index (κ3) is 4.82. The Hall–Kier alpha value is -3.63. The zero-order valence-corrected chi connectivity index (χ0v) is 19.9. The Balaban J connectivity index is 1.50. The van der Waals surface area contributed by atoms with Gasteiger partial charge < -0.3 is 9.30 Å². The highest BCUT2D eigenvalue weighted by Crippen LogP contribution is 2.28. The normalized spacial score (nSPS) is 13.4. The highest BCUT2D eigenvalue weighted by Gasteiger charge is 2.30. The second-order valence-electron chi connectivity index (χ2n) is 8.13. The predicted molar refractivity (Wildman–Crippen MR) is 127 cm³/mol. The van der Waals surface area contributed by atoms with Gasteiger partial charge in [-0.25, -0.2) is 13.1 Å². The van der Waals surface area contributed by atoms with Gasteiger partial charge in [0.05, 0.1) is 12.7 Å². The van der Waals surface area contributed by atoms with Crippen molar-refractivity contribution in [3.05, 3.63) is 77.1 Å². The molecular weight excluding hydrogens is 456 g/mol. The van der Waals surface area contributed by atoms with Crippen LogP contribution in [0.2, 0.25) is 0 Å². The Bertz CT molecular complexity index is 1350. The number of carbonyl (C=O) groups is 2. The van der Waals surface area contributed by atoms with E-state index in [2.05, 4.69) is 15.6 Å². The van der Waals surface area contributed by atoms with E-state index in [1.807, 2.05) is 48.7 Å². The number of hydrogen-bond acceptors (Lipinski definition) is 5. The topological polar surface area (TPSA) is 119 Å². The van der Waals surface area contributed by atoms with E-state index < -0.39 is 21.8 Å². The Morgan fingerprint density at radius 3 is 2.29 bits per heavy atom. The molecule has 1 saturated carbocycles. The average molecular weight is 483 g/mol. The maximum atomic E-state index is 12.8. The molecule has 0 unspecified atom stereocenters. The molecule has 0 aliphatic heterocycles. The molecule has 1 aliphatic carbocycles. The lowest BCUT2D eigenvalue weighted by molar-refractivity contribution is 0.0846. The molecule has 2 amide bonds. The number of aryl methyl sites for hydroxylation is 1. The fraction of sp³-hybridized carbons (Fsp3) is 0.250. The molecule has 3 aromatic rings. The molecular formula is C24H26N4O5S. The van der Waals surface area contributed by atoms with Crippen molar-refractivity contribution in [2.45, 2.75) is 37.6 Å². The number of sulfonamides is 1. The van der Waals surface area contributed by atoms with Crippen LogP contribution in [-0.4, -0.2) is 38.0 Å². The van der Waals surface area contributed by atoms with E-state index in [-0.39, 0.29) is 22.3 Å². The van der Waals surface area contributed by atoms with Crippen molar-refractivity contribution in [1.82, 2.24) is 20.1 Å². The first-order chi connectivity index (χ1) is 16.2. The van der Waals surface area contributed by atoms with Crippen molar-refractivity contribution < 1.29 is 22.7 Å². The largest absolute Gasteiger partial charge is 0.495 e. The van der Waals surface area contributed by atoms with Gasteiger partial charge in [0.1, 0.15) is 10.6 Å². The summed E-state index contributed by atoms with van der Waals surface area (Å²) in [6.07, 6.45) is 1.55. The van der Waals surface area contributed by atoms with Gasteiger partial charge in [0.15, 0.2) is 0 Å². The average Bonchev–Trinajstić information content (AvgIpc) is 3.58. The molecule has 10 heteroatoms. The van der Waals surface area contributed by atoms with Crippen LogP contribution in [0.3, 0.4) is 0 Å². The molecule has 0 spiro atoms. The lowest BCUT2D eigenvalue weighted by Crippen LogP contribution is -2.41. The maximum absolute atomic E-state index is 12.8. The number of para-hydroxylation sites is 1. The first-order valence-corrected chi connectivity index (χ1v) is 12.2. The monoisotopic (exact) mass is 482 g/mol. The van der Waals surface area contributed by atoms with E-state index in [4.69, 9.17) is 4.74 Å². The van der Waals surface area contributed by atoms with Gasteiger partial charge >= 0.3 is 0 Å². The summed E-state index contributed by atoms with van der Waals surface area (Å²) >= 11 is 0. The van der Waals surface area contributed by atoms with Crippen molar-refractivity contribution in [3.8, 4) is 11.4 Å². The number of carbonyl (C=O) groups excluding carboxylic acids is 2. The lowest BCUT2D eigenvalue weighted by Gasteiger charge is -2.13. The zero-order valence-electron chi connectivity index (χ0n) is 19.1. The number of benzene rings is 2. The van der Waals surface area contributed by atoms with Gasteiger partial charge in [-0.15, -0.1) is 0 Å². The van der Waals surface area contributed by atoms with Crippen molar-refractivity contribution in [2.75, 3.05) is 7.11 Å². The molecule has 1 aliphatic rings. The van der Waals surface area contributed by atoms with Crippen LogP contribution in [0.1, 0.15) is 44.9 Å². The number of aromatic nitrogens is 1. The number of ether oxygens (including phenoxy) is 1. The third-order valence-corrected chi connectivity index (χ3v) is 7.14. The van der Waals surface area contributed by atoms with Gasteiger partial charge in [0.25, 0.3) is 11.8 Å². The summed E-state index contributed by atoms with van der Waals surface area (Å²) in [5.41, 5.74) is 7.76. The molecule has 2 aromatic carbocycles. The Kier molecular flexibility index (Phi) is 6.45. The molecule has 1 aromatic heterocycles. The molecule has 34 heavy (non-hydrogen) atoms. The van der Waals surface area contributed by atoms with Crippen LogP contribution >= 0.6 is 0 Å². The molecule has 1 fully saturated rings. The molecule has 0 bridgehead atoms.